The van der Waals surface area contributed by atoms with Crippen LogP contribution in [-0.4, -0.2) is 28.2 Å². The fourth-order valence-corrected chi connectivity index (χ4v) is 4.21. The van der Waals surface area contributed by atoms with Crippen molar-refractivity contribution in [2.24, 2.45) is 5.73 Å². The van der Waals surface area contributed by atoms with Gasteiger partial charge in [-0.2, -0.15) is 0 Å². The van der Waals surface area contributed by atoms with Gasteiger partial charge in [0.1, 0.15) is 23.7 Å². The Morgan fingerprint density at radius 1 is 1.12 bits per heavy atom. The number of ether oxygens (including phenoxy) is 1. The quantitative estimate of drug-likeness (QED) is 0.447. The lowest BCUT2D eigenvalue weighted by Crippen LogP contribution is -2.18. The van der Waals surface area contributed by atoms with E-state index in [0.717, 1.165) is 41.0 Å². The second kappa shape index (κ2) is 7.91. The van der Waals surface area contributed by atoms with E-state index in [4.69, 9.17) is 10.5 Å². The summed E-state index contributed by atoms with van der Waals surface area (Å²) in [5, 5.41) is 4.11. The first-order valence-corrected chi connectivity index (χ1v) is 10.8. The summed E-state index contributed by atoms with van der Waals surface area (Å²) in [7, 11) is 1.60. The van der Waals surface area contributed by atoms with Crippen molar-refractivity contribution < 1.29 is 9.13 Å². The van der Waals surface area contributed by atoms with Crippen molar-refractivity contribution >= 4 is 16.7 Å². The maximum Gasteiger partial charge on any atom is 0.147 e. The number of methoxy groups -OCH3 is 1. The van der Waals surface area contributed by atoms with Crippen molar-refractivity contribution in [3.05, 3.63) is 71.9 Å². The number of nitrogens with one attached hydrogen (secondary N) is 1. The van der Waals surface area contributed by atoms with Gasteiger partial charge >= 0.3 is 0 Å². The van der Waals surface area contributed by atoms with Gasteiger partial charge in [-0.3, -0.25) is 0 Å². The Labute approximate surface area is 186 Å². The molecule has 3 N–H and O–H groups in total. The minimum Gasteiger partial charge on any atom is -0.496 e. The number of anilines is 1. The Morgan fingerprint density at radius 3 is 2.62 bits per heavy atom. The van der Waals surface area contributed by atoms with Crippen LogP contribution in [0.1, 0.15) is 24.1 Å². The van der Waals surface area contributed by atoms with Gasteiger partial charge in [-0.1, -0.05) is 24.3 Å². The molecule has 1 saturated carbocycles. The second-order valence-corrected chi connectivity index (χ2v) is 8.40. The van der Waals surface area contributed by atoms with Crippen molar-refractivity contribution in [3.8, 4) is 17.0 Å². The first kappa shape index (κ1) is 20.5. The summed E-state index contributed by atoms with van der Waals surface area (Å²) >= 11 is 0. The maximum absolute atomic E-state index is 14.5. The summed E-state index contributed by atoms with van der Waals surface area (Å²) in [5.74, 6) is 1.14. The molecule has 1 fully saturated rings. The van der Waals surface area contributed by atoms with E-state index in [1.165, 1.54) is 11.6 Å². The summed E-state index contributed by atoms with van der Waals surface area (Å²) in [6.45, 7) is 3.15. The van der Waals surface area contributed by atoms with Crippen LogP contribution in [0.25, 0.3) is 22.2 Å². The highest BCUT2D eigenvalue weighted by molar-refractivity contribution is 5.88. The Balaban J connectivity index is 1.31. The van der Waals surface area contributed by atoms with Gasteiger partial charge < -0.3 is 20.4 Å². The van der Waals surface area contributed by atoms with Gasteiger partial charge in [0.25, 0.3) is 0 Å². The van der Waals surface area contributed by atoms with Gasteiger partial charge in [-0.05, 0) is 43.5 Å². The second-order valence-electron chi connectivity index (χ2n) is 8.40. The summed E-state index contributed by atoms with van der Waals surface area (Å²) in [6, 6.07) is 15.3. The number of fused-ring (bicyclic) bond motifs is 1. The molecule has 2 aromatic heterocycles. The average Bonchev–Trinajstić information content (AvgIpc) is 3.47. The van der Waals surface area contributed by atoms with E-state index >= 15 is 0 Å². The summed E-state index contributed by atoms with van der Waals surface area (Å²) in [5.41, 5.74) is 10.7. The van der Waals surface area contributed by atoms with Crippen LogP contribution in [0.2, 0.25) is 0 Å². The van der Waals surface area contributed by atoms with Crippen molar-refractivity contribution in [1.29, 1.82) is 0 Å². The standard InChI is InChI=1S/C25H26FN5O/c1-16-13-19-22(32-2)8-7-20(26)24(19)31(16)12-11-28-23-14-21(29-15-30-23)17-3-5-18(6-4-17)25(27)9-10-25/h3-8,13-15H,9-12,27H2,1-2H3,(H,28,29,30). The number of nitrogens with zero attached hydrogens (tertiary/aromatic N) is 3. The number of aromatic nitrogens is 3. The van der Waals surface area contributed by atoms with Crippen molar-refractivity contribution in [1.82, 2.24) is 14.5 Å². The molecule has 32 heavy (non-hydrogen) atoms. The fourth-order valence-electron chi connectivity index (χ4n) is 4.21. The molecular formula is C25H26FN5O. The van der Waals surface area contributed by atoms with E-state index in [1.54, 1.807) is 19.5 Å². The molecule has 2 aromatic carbocycles. The lowest BCUT2D eigenvalue weighted by Gasteiger charge is -2.12. The first-order valence-electron chi connectivity index (χ1n) is 10.8. The molecule has 0 amide bonds. The Kier molecular flexibility index (Phi) is 5.06. The summed E-state index contributed by atoms with van der Waals surface area (Å²) in [4.78, 5) is 8.74. The lowest BCUT2D eigenvalue weighted by atomic mass is 10.0. The number of aryl methyl sites for hydroxylation is 1. The number of rotatable bonds is 7. The first-order chi connectivity index (χ1) is 15.5. The van der Waals surface area contributed by atoms with Crippen LogP contribution in [0.3, 0.4) is 0 Å². The number of halogens is 1. The number of nitrogens with two attached hydrogens (primary N) is 1. The van der Waals surface area contributed by atoms with E-state index in [1.807, 2.05) is 23.6 Å². The Morgan fingerprint density at radius 2 is 1.91 bits per heavy atom. The highest BCUT2D eigenvalue weighted by Gasteiger charge is 2.39. The lowest BCUT2D eigenvalue weighted by molar-refractivity contribution is 0.419. The maximum atomic E-state index is 14.5. The predicted octanol–water partition coefficient (Wildman–Crippen LogP) is 4.61. The fraction of sp³-hybridized carbons (Fsp3) is 0.280. The van der Waals surface area contributed by atoms with E-state index in [9.17, 15) is 4.39 Å². The SMILES string of the molecule is COc1ccc(F)c2c1cc(C)n2CCNc1cc(-c2ccc(C3(N)CC3)cc2)ncn1. The number of hydrogen-bond donors (Lipinski definition) is 2. The van der Waals surface area contributed by atoms with Crippen LogP contribution in [0.4, 0.5) is 10.2 Å². The molecule has 2 heterocycles. The molecule has 6 nitrogen and oxygen atoms in total. The zero-order valence-corrected chi connectivity index (χ0v) is 18.2. The highest BCUT2D eigenvalue weighted by Crippen LogP contribution is 2.42. The molecule has 0 saturated heterocycles. The zero-order chi connectivity index (χ0) is 22.3. The largest absolute Gasteiger partial charge is 0.496 e. The average molecular weight is 432 g/mol. The topological polar surface area (TPSA) is 78.0 Å². The zero-order valence-electron chi connectivity index (χ0n) is 18.2. The van der Waals surface area contributed by atoms with Gasteiger partial charge in [0.05, 0.1) is 18.3 Å². The number of hydrogen-bond acceptors (Lipinski definition) is 5. The van der Waals surface area contributed by atoms with Crippen LogP contribution >= 0.6 is 0 Å². The smallest absolute Gasteiger partial charge is 0.147 e. The molecule has 5 rings (SSSR count). The molecule has 0 aliphatic heterocycles. The molecule has 1 aliphatic rings. The number of benzene rings is 2. The minimum absolute atomic E-state index is 0.138. The highest BCUT2D eigenvalue weighted by atomic mass is 19.1. The third kappa shape index (κ3) is 3.69. The Hall–Kier alpha value is -3.45. The van der Waals surface area contributed by atoms with Gasteiger partial charge in [0, 0.05) is 41.3 Å². The van der Waals surface area contributed by atoms with E-state index in [2.05, 4.69) is 39.6 Å². The van der Waals surface area contributed by atoms with E-state index < -0.39 is 0 Å². The third-order valence-electron chi connectivity index (χ3n) is 6.25. The molecule has 0 spiro atoms. The molecule has 0 radical (unpaired) electrons. The predicted molar refractivity (Wildman–Crippen MR) is 124 cm³/mol. The molecule has 0 atom stereocenters. The van der Waals surface area contributed by atoms with Crippen LogP contribution < -0.4 is 15.8 Å². The molecular weight excluding hydrogens is 405 g/mol. The van der Waals surface area contributed by atoms with Crippen molar-refractivity contribution in [2.75, 3.05) is 19.0 Å². The monoisotopic (exact) mass is 431 g/mol. The summed E-state index contributed by atoms with van der Waals surface area (Å²) in [6.07, 6.45) is 3.64. The molecule has 4 aromatic rings. The molecule has 0 bridgehead atoms. The Bertz CT molecular complexity index is 1280. The molecule has 7 heteroatoms. The van der Waals surface area contributed by atoms with Crippen molar-refractivity contribution in [3.63, 3.8) is 0 Å². The van der Waals surface area contributed by atoms with Crippen LogP contribution in [-0.2, 0) is 12.1 Å². The molecule has 1 aliphatic carbocycles. The van der Waals surface area contributed by atoms with Crippen LogP contribution in [0.15, 0.2) is 54.9 Å². The van der Waals surface area contributed by atoms with Gasteiger partial charge in [0.15, 0.2) is 0 Å². The van der Waals surface area contributed by atoms with Crippen LogP contribution in [0, 0.1) is 12.7 Å². The van der Waals surface area contributed by atoms with Gasteiger partial charge in [-0.25, -0.2) is 14.4 Å². The van der Waals surface area contributed by atoms with Gasteiger partial charge in [0.2, 0.25) is 0 Å². The van der Waals surface area contributed by atoms with Gasteiger partial charge in [-0.15, -0.1) is 0 Å². The van der Waals surface area contributed by atoms with E-state index in [-0.39, 0.29) is 11.4 Å². The van der Waals surface area contributed by atoms with E-state index in [0.29, 0.717) is 24.4 Å². The normalized spacial score (nSPS) is 14.5. The molecule has 164 valence electrons. The van der Waals surface area contributed by atoms with Crippen molar-refractivity contribution in [2.45, 2.75) is 31.8 Å². The van der Waals surface area contributed by atoms with Crippen LogP contribution in [0.5, 0.6) is 5.75 Å². The molecule has 0 unspecified atom stereocenters. The minimum atomic E-state index is -0.257. The summed E-state index contributed by atoms with van der Waals surface area (Å²) < 4.78 is 21.9. The third-order valence-corrected chi connectivity index (χ3v) is 6.25.